The molecule has 1 saturated heterocycles. The van der Waals surface area contributed by atoms with Gasteiger partial charge in [0.2, 0.25) is 19.9 Å². The number of amides is 1. The number of hydrogen-bond acceptors (Lipinski definition) is 6. The molecule has 0 aromatic heterocycles. The van der Waals surface area contributed by atoms with Crippen LogP contribution in [0.5, 0.6) is 0 Å². The van der Waals surface area contributed by atoms with Crippen molar-refractivity contribution in [3.63, 3.8) is 0 Å². The van der Waals surface area contributed by atoms with E-state index >= 15 is 0 Å². The lowest BCUT2D eigenvalue weighted by Crippen LogP contribution is -2.38. The molecule has 4 rings (SSSR count). The average molecular weight is 542 g/mol. The van der Waals surface area contributed by atoms with Crippen molar-refractivity contribution in [2.24, 2.45) is 5.14 Å². The van der Waals surface area contributed by atoms with Crippen LogP contribution in [0.2, 0.25) is 0 Å². The Bertz CT molecular complexity index is 1510. The number of hydrogen-bond donors (Lipinski definition) is 1. The van der Waals surface area contributed by atoms with Crippen molar-refractivity contribution in [3.8, 4) is 0 Å². The number of sulfonamides is 1. The summed E-state index contributed by atoms with van der Waals surface area (Å²) >= 11 is 0. The Morgan fingerprint density at radius 2 is 1.49 bits per heavy atom. The normalized spacial score (nSPS) is 15.0. The number of nitrogens with two attached hydrogens (primary N) is 1. The number of rotatable bonds is 6. The number of benzene rings is 3. The summed E-state index contributed by atoms with van der Waals surface area (Å²) in [6.45, 7) is 2.59. The van der Waals surface area contributed by atoms with Crippen molar-refractivity contribution >= 4 is 31.5 Å². The predicted molar refractivity (Wildman–Crippen MR) is 143 cm³/mol. The fourth-order valence-corrected chi connectivity index (χ4v) is 7.02. The summed E-state index contributed by atoms with van der Waals surface area (Å²) in [6.07, 6.45) is 1.14. The number of sulfone groups is 1. The lowest BCUT2D eigenvalue weighted by atomic mass is 9.86. The van der Waals surface area contributed by atoms with Crippen LogP contribution in [-0.4, -0.2) is 54.8 Å². The Hall–Kier alpha value is -3.21. The molecule has 3 aromatic rings. The number of anilines is 1. The molecule has 10 heteroatoms. The predicted octanol–water partition coefficient (Wildman–Crippen LogP) is 3.56. The number of piperidine rings is 1. The van der Waals surface area contributed by atoms with Gasteiger partial charge in [0.15, 0.2) is 0 Å². The van der Waals surface area contributed by atoms with Crippen molar-refractivity contribution in [1.29, 1.82) is 0 Å². The van der Waals surface area contributed by atoms with E-state index in [1.807, 2.05) is 43.3 Å². The lowest BCUT2D eigenvalue weighted by Gasteiger charge is -2.33. The van der Waals surface area contributed by atoms with Crippen LogP contribution < -0.4 is 10.0 Å². The zero-order valence-corrected chi connectivity index (χ0v) is 22.7. The molecule has 196 valence electrons. The van der Waals surface area contributed by atoms with Gasteiger partial charge >= 0.3 is 0 Å². The first-order valence-electron chi connectivity index (χ1n) is 11.9. The van der Waals surface area contributed by atoms with Crippen LogP contribution in [0, 0.1) is 6.92 Å². The summed E-state index contributed by atoms with van der Waals surface area (Å²) in [5.41, 5.74) is 2.68. The van der Waals surface area contributed by atoms with Gasteiger partial charge in [-0.3, -0.25) is 4.79 Å². The van der Waals surface area contributed by atoms with Crippen molar-refractivity contribution in [3.05, 3.63) is 83.4 Å². The van der Waals surface area contributed by atoms with Gasteiger partial charge in [-0.15, -0.1) is 0 Å². The molecule has 1 aliphatic rings. The van der Waals surface area contributed by atoms with E-state index in [-0.39, 0.29) is 26.5 Å². The Morgan fingerprint density at radius 3 is 2.03 bits per heavy atom. The molecule has 1 heterocycles. The van der Waals surface area contributed by atoms with Gasteiger partial charge in [-0.1, -0.05) is 18.2 Å². The van der Waals surface area contributed by atoms with E-state index in [1.165, 1.54) is 12.1 Å². The minimum absolute atomic E-state index is 0.0638. The maximum atomic E-state index is 13.3. The first kappa shape index (κ1) is 26.8. The van der Waals surface area contributed by atoms with Gasteiger partial charge in [0.05, 0.1) is 14.7 Å². The maximum Gasteiger partial charge on any atom is 0.253 e. The van der Waals surface area contributed by atoms with Crippen LogP contribution in [0.3, 0.4) is 0 Å². The fraction of sp³-hybridized carbons (Fsp3) is 0.296. The molecule has 3 aromatic carbocycles. The number of likely N-dealkylation sites (tertiary alicyclic amines) is 1. The molecule has 0 bridgehead atoms. The molecule has 0 radical (unpaired) electrons. The van der Waals surface area contributed by atoms with E-state index in [0.717, 1.165) is 11.8 Å². The Morgan fingerprint density at radius 1 is 0.892 bits per heavy atom. The molecule has 0 atom stereocenters. The first-order valence-corrected chi connectivity index (χ1v) is 15.0. The minimum Gasteiger partial charge on any atom is -0.378 e. The molecule has 0 spiro atoms. The number of carbonyl (C=O) groups is 1. The second-order valence-electron chi connectivity index (χ2n) is 9.50. The van der Waals surface area contributed by atoms with Crippen molar-refractivity contribution in [1.82, 2.24) is 4.90 Å². The third-order valence-electron chi connectivity index (χ3n) is 6.90. The van der Waals surface area contributed by atoms with E-state index in [4.69, 9.17) is 5.14 Å². The standard InChI is InChI=1S/C27H31N3O5S2/c1-19-25(17-24(18-26(19)37(28,34)35)36(32,33)23-7-5-4-6-8-23)20-13-15-30(16-14-20)27(31)21-9-11-22(12-10-21)29(2)3/h4-12,17-18,20H,13-16H2,1-3H3,(H2,28,34,35). The van der Waals surface area contributed by atoms with Crippen molar-refractivity contribution in [2.75, 3.05) is 32.1 Å². The largest absolute Gasteiger partial charge is 0.378 e. The SMILES string of the molecule is Cc1c(C2CCN(C(=O)c3ccc(N(C)C)cc3)CC2)cc(S(=O)(=O)c2ccccc2)cc1S(N)(=O)=O. The molecule has 1 amide bonds. The van der Waals surface area contributed by atoms with Crippen LogP contribution in [0.4, 0.5) is 5.69 Å². The molecular weight excluding hydrogens is 510 g/mol. The molecule has 8 nitrogen and oxygen atoms in total. The topological polar surface area (TPSA) is 118 Å². The highest BCUT2D eigenvalue weighted by atomic mass is 32.2. The number of nitrogens with zero attached hydrogens (tertiary/aromatic N) is 2. The lowest BCUT2D eigenvalue weighted by molar-refractivity contribution is 0.0713. The van der Waals surface area contributed by atoms with Gasteiger partial charge in [-0.2, -0.15) is 0 Å². The second kappa shape index (κ2) is 10.3. The van der Waals surface area contributed by atoms with E-state index < -0.39 is 19.9 Å². The van der Waals surface area contributed by atoms with E-state index in [0.29, 0.717) is 42.6 Å². The van der Waals surface area contributed by atoms with Gasteiger partial charge in [-0.05, 0) is 85.3 Å². The molecule has 1 fully saturated rings. The van der Waals surface area contributed by atoms with Crippen LogP contribution in [-0.2, 0) is 19.9 Å². The van der Waals surface area contributed by atoms with Crippen LogP contribution in [0.15, 0.2) is 81.4 Å². The number of primary sulfonamides is 1. The van der Waals surface area contributed by atoms with Gasteiger partial charge in [0.25, 0.3) is 5.91 Å². The molecule has 37 heavy (non-hydrogen) atoms. The second-order valence-corrected chi connectivity index (χ2v) is 13.0. The van der Waals surface area contributed by atoms with Gasteiger partial charge in [-0.25, -0.2) is 22.0 Å². The smallest absolute Gasteiger partial charge is 0.253 e. The van der Waals surface area contributed by atoms with E-state index in [1.54, 1.807) is 36.1 Å². The fourth-order valence-electron chi connectivity index (χ4n) is 4.77. The highest BCUT2D eigenvalue weighted by Crippen LogP contribution is 2.36. The molecule has 2 N–H and O–H groups in total. The quantitative estimate of drug-likeness (QED) is 0.510. The van der Waals surface area contributed by atoms with Gasteiger partial charge < -0.3 is 9.80 Å². The highest BCUT2D eigenvalue weighted by molar-refractivity contribution is 7.91. The van der Waals surface area contributed by atoms with Crippen molar-refractivity contribution in [2.45, 2.75) is 40.4 Å². The summed E-state index contributed by atoms with van der Waals surface area (Å²) in [6, 6.07) is 18.0. The molecule has 0 unspecified atom stereocenters. The Kier molecular flexibility index (Phi) is 7.45. The van der Waals surface area contributed by atoms with Crippen LogP contribution in [0.25, 0.3) is 0 Å². The summed E-state index contributed by atoms with van der Waals surface area (Å²) < 4.78 is 51.5. The van der Waals surface area contributed by atoms with Crippen LogP contribution in [0.1, 0.15) is 40.2 Å². The van der Waals surface area contributed by atoms with Crippen LogP contribution >= 0.6 is 0 Å². The summed E-state index contributed by atoms with van der Waals surface area (Å²) in [4.78, 5) is 16.6. The Labute approximate surface area is 218 Å². The summed E-state index contributed by atoms with van der Waals surface area (Å²) in [7, 11) is -4.25. The molecule has 0 saturated carbocycles. The monoisotopic (exact) mass is 541 g/mol. The molecular formula is C27H31N3O5S2. The minimum atomic E-state index is -4.16. The third-order valence-corrected chi connectivity index (χ3v) is 9.68. The summed E-state index contributed by atoms with van der Waals surface area (Å²) in [5.74, 6) is -0.183. The average Bonchev–Trinajstić information content (AvgIpc) is 2.88. The van der Waals surface area contributed by atoms with E-state index in [2.05, 4.69) is 0 Å². The summed E-state index contributed by atoms with van der Waals surface area (Å²) in [5, 5.41) is 5.48. The van der Waals surface area contributed by atoms with Gasteiger partial charge in [0, 0.05) is 38.4 Å². The third kappa shape index (κ3) is 5.56. The zero-order valence-electron chi connectivity index (χ0n) is 21.1. The molecule has 1 aliphatic heterocycles. The van der Waals surface area contributed by atoms with E-state index in [9.17, 15) is 21.6 Å². The van der Waals surface area contributed by atoms with Gasteiger partial charge in [0.1, 0.15) is 0 Å². The highest BCUT2D eigenvalue weighted by Gasteiger charge is 2.30. The first-order chi connectivity index (χ1) is 17.4. The van der Waals surface area contributed by atoms with Crippen molar-refractivity contribution < 1.29 is 21.6 Å². The maximum absolute atomic E-state index is 13.3. The molecule has 0 aliphatic carbocycles. The number of carbonyl (C=O) groups excluding carboxylic acids is 1. The zero-order chi connectivity index (χ0) is 27.0. The Balaban J connectivity index is 1.62.